The summed E-state index contributed by atoms with van der Waals surface area (Å²) >= 11 is 6.10. The summed E-state index contributed by atoms with van der Waals surface area (Å²) in [5.41, 5.74) is 1.76. The minimum atomic E-state index is -0.585. The van der Waals surface area contributed by atoms with Gasteiger partial charge in [-0.15, -0.1) is 0 Å². The Hall–Kier alpha value is -2.33. The molecule has 5 heteroatoms. The summed E-state index contributed by atoms with van der Waals surface area (Å²) in [6.07, 6.45) is 0.252. The molecule has 0 radical (unpaired) electrons. The summed E-state index contributed by atoms with van der Waals surface area (Å²) in [5, 5.41) is 6.29. The number of amides is 2. The molecule has 0 saturated heterocycles. The van der Waals surface area contributed by atoms with Crippen molar-refractivity contribution in [1.82, 2.24) is 10.6 Å². The molecule has 0 saturated carbocycles. The van der Waals surface area contributed by atoms with Crippen molar-refractivity contribution in [3.8, 4) is 0 Å². The Morgan fingerprint density at radius 2 is 1.64 bits per heavy atom. The molecule has 4 nitrogen and oxygen atoms in total. The fraction of sp³-hybridized carbons (Fsp3) is 0.300. The van der Waals surface area contributed by atoms with Gasteiger partial charge < -0.3 is 10.6 Å². The summed E-state index contributed by atoms with van der Waals surface area (Å²) in [4.78, 5) is 24.7. The summed E-state index contributed by atoms with van der Waals surface area (Å²) in [6, 6.07) is 16.2. The molecular weight excluding hydrogens is 336 g/mol. The SMILES string of the molecule is CC(C)C(NC(=O)Cc1ccccc1)C(=O)NCc1ccccc1Cl. The molecule has 1 unspecified atom stereocenters. The van der Waals surface area contributed by atoms with Crippen LogP contribution in [-0.4, -0.2) is 17.9 Å². The molecule has 2 amide bonds. The zero-order valence-electron chi connectivity index (χ0n) is 14.5. The van der Waals surface area contributed by atoms with Crippen LogP contribution in [0, 0.1) is 5.92 Å². The molecule has 0 bridgehead atoms. The van der Waals surface area contributed by atoms with E-state index in [2.05, 4.69) is 10.6 Å². The Morgan fingerprint density at radius 1 is 1.00 bits per heavy atom. The lowest BCUT2D eigenvalue weighted by molar-refractivity contribution is -0.129. The van der Waals surface area contributed by atoms with Crippen LogP contribution in [-0.2, 0) is 22.6 Å². The Labute approximate surface area is 153 Å². The number of rotatable bonds is 7. The van der Waals surface area contributed by atoms with Crippen LogP contribution in [0.25, 0.3) is 0 Å². The van der Waals surface area contributed by atoms with Crippen molar-refractivity contribution in [3.63, 3.8) is 0 Å². The number of hydrogen-bond acceptors (Lipinski definition) is 2. The number of carbonyl (C=O) groups is 2. The highest BCUT2D eigenvalue weighted by Gasteiger charge is 2.24. The maximum atomic E-state index is 12.5. The molecule has 0 heterocycles. The third-order valence-corrected chi connectivity index (χ3v) is 4.25. The lowest BCUT2D eigenvalue weighted by atomic mass is 10.0. The van der Waals surface area contributed by atoms with E-state index in [9.17, 15) is 9.59 Å². The van der Waals surface area contributed by atoms with Crippen molar-refractivity contribution in [2.75, 3.05) is 0 Å². The smallest absolute Gasteiger partial charge is 0.243 e. The van der Waals surface area contributed by atoms with Gasteiger partial charge in [-0.3, -0.25) is 9.59 Å². The van der Waals surface area contributed by atoms with Crippen molar-refractivity contribution < 1.29 is 9.59 Å². The minimum Gasteiger partial charge on any atom is -0.350 e. The average molecular weight is 359 g/mol. The van der Waals surface area contributed by atoms with Crippen molar-refractivity contribution in [2.45, 2.75) is 32.9 Å². The molecule has 2 aromatic rings. The maximum Gasteiger partial charge on any atom is 0.243 e. The molecule has 2 N–H and O–H groups in total. The third-order valence-electron chi connectivity index (χ3n) is 3.88. The van der Waals surface area contributed by atoms with Gasteiger partial charge in [0.2, 0.25) is 11.8 Å². The van der Waals surface area contributed by atoms with E-state index < -0.39 is 6.04 Å². The molecule has 25 heavy (non-hydrogen) atoms. The van der Waals surface area contributed by atoms with Crippen molar-refractivity contribution in [3.05, 3.63) is 70.7 Å². The molecule has 0 aliphatic rings. The Balaban J connectivity index is 1.93. The Kier molecular flexibility index (Phi) is 7.02. The summed E-state index contributed by atoms with van der Waals surface area (Å²) < 4.78 is 0. The molecule has 0 spiro atoms. The molecule has 2 aromatic carbocycles. The van der Waals surface area contributed by atoms with E-state index in [1.54, 1.807) is 6.07 Å². The summed E-state index contributed by atoms with van der Waals surface area (Å²) in [6.45, 7) is 4.14. The van der Waals surface area contributed by atoms with Gasteiger partial charge in [-0.05, 0) is 23.1 Å². The van der Waals surface area contributed by atoms with E-state index in [1.165, 1.54) is 0 Å². The van der Waals surface area contributed by atoms with E-state index in [4.69, 9.17) is 11.6 Å². The lowest BCUT2D eigenvalue weighted by Crippen LogP contribution is -2.49. The zero-order chi connectivity index (χ0) is 18.2. The van der Waals surface area contributed by atoms with Gasteiger partial charge in [0.15, 0.2) is 0 Å². The van der Waals surface area contributed by atoms with Crippen LogP contribution in [0.2, 0.25) is 5.02 Å². The molecule has 0 aromatic heterocycles. The maximum absolute atomic E-state index is 12.5. The van der Waals surface area contributed by atoms with Gasteiger partial charge in [-0.2, -0.15) is 0 Å². The first-order valence-corrected chi connectivity index (χ1v) is 8.69. The number of nitrogens with one attached hydrogen (secondary N) is 2. The normalized spacial score (nSPS) is 11.8. The van der Waals surface area contributed by atoms with Gasteiger partial charge in [0.25, 0.3) is 0 Å². The molecule has 0 aliphatic heterocycles. The number of carbonyl (C=O) groups excluding carboxylic acids is 2. The van der Waals surface area contributed by atoms with Gasteiger partial charge in [-0.25, -0.2) is 0 Å². The van der Waals surface area contributed by atoms with E-state index in [0.717, 1.165) is 11.1 Å². The van der Waals surface area contributed by atoms with E-state index in [0.29, 0.717) is 11.6 Å². The van der Waals surface area contributed by atoms with E-state index in [-0.39, 0.29) is 24.2 Å². The number of halogens is 1. The van der Waals surface area contributed by atoms with Crippen LogP contribution in [0.3, 0.4) is 0 Å². The Bertz CT molecular complexity index is 717. The van der Waals surface area contributed by atoms with E-state index >= 15 is 0 Å². The summed E-state index contributed by atoms with van der Waals surface area (Å²) in [5.74, 6) is -0.403. The van der Waals surface area contributed by atoms with Crippen molar-refractivity contribution >= 4 is 23.4 Å². The Morgan fingerprint density at radius 3 is 2.28 bits per heavy atom. The van der Waals surface area contributed by atoms with Gasteiger partial charge in [0.05, 0.1) is 6.42 Å². The molecule has 1 atom stereocenters. The van der Waals surface area contributed by atoms with Gasteiger partial charge in [0.1, 0.15) is 6.04 Å². The molecule has 0 fully saturated rings. The average Bonchev–Trinajstić information content (AvgIpc) is 2.59. The van der Waals surface area contributed by atoms with Gasteiger partial charge >= 0.3 is 0 Å². The van der Waals surface area contributed by atoms with E-state index in [1.807, 2.05) is 62.4 Å². The fourth-order valence-corrected chi connectivity index (χ4v) is 2.68. The molecule has 132 valence electrons. The highest BCUT2D eigenvalue weighted by atomic mass is 35.5. The first kappa shape index (κ1) is 19.0. The van der Waals surface area contributed by atoms with Crippen LogP contribution in [0.1, 0.15) is 25.0 Å². The van der Waals surface area contributed by atoms with Gasteiger partial charge in [-0.1, -0.05) is 74.0 Å². The predicted molar refractivity (Wildman–Crippen MR) is 100 cm³/mol. The third kappa shape index (κ3) is 5.91. The summed E-state index contributed by atoms with van der Waals surface area (Å²) in [7, 11) is 0. The zero-order valence-corrected chi connectivity index (χ0v) is 15.2. The van der Waals surface area contributed by atoms with Crippen molar-refractivity contribution in [1.29, 1.82) is 0 Å². The molecule has 2 rings (SSSR count). The second-order valence-corrected chi connectivity index (χ2v) is 6.67. The first-order chi connectivity index (χ1) is 12.0. The van der Waals surface area contributed by atoms with Crippen LogP contribution in [0.4, 0.5) is 0 Å². The first-order valence-electron chi connectivity index (χ1n) is 8.31. The number of hydrogen-bond donors (Lipinski definition) is 2. The number of benzene rings is 2. The highest BCUT2D eigenvalue weighted by Crippen LogP contribution is 2.14. The monoisotopic (exact) mass is 358 g/mol. The van der Waals surface area contributed by atoms with Crippen LogP contribution < -0.4 is 10.6 Å². The second-order valence-electron chi connectivity index (χ2n) is 6.26. The predicted octanol–water partition coefficient (Wildman–Crippen LogP) is 3.34. The standard InChI is InChI=1S/C20H23ClN2O2/c1-14(2)19(23-18(24)12-15-8-4-3-5-9-15)20(25)22-13-16-10-6-7-11-17(16)21/h3-11,14,19H,12-13H2,1-2H3,(H,22,25)(H,23,24). The topological polar surface area (TPSA) is 58.2 Å². The molecule has 0 aliphatic carbocycles. The van der Waals surface area contributed by atoms with Crippen molar-refractivity contribution in [2.24, 2.45) is 5.92 Å². The van der Waals surface area contributed by atoms with Crippen LogP contribution >= 0.6 is 11.6 Å². The van der Waals surface area contributed by atoms with Gasteiger partial charge in [0, 0.05) is 11.6 Å². The lowest BCUT2D eigenvalue weighted by Gasteiger charge is -2.22. The molecular formula is C20H23ClN2O2. The largest absolute Gasteiger partial charge is 0.350 e. The minimum absolute atomic E-state index is 0.0223. The van der Waals surface area contributed by atoms with Crippen LogP contribution in [0.15, 0.2) is 54.6 Å². The van der Waals surface area contributed by atoms with Crippen LogP contribution in [0.5, 0.6) is 0 Å². The quantitative estimate of drug-likeness (QED) is 0.797. The fourth-order valence-electron chi connectivity index (χ4n) is 2.47. The highest BCUT2D eigenvalue weighted by molar-refractivity contribution is 6.31. The second kappa shape index (κ2) is 9.23.